The fourth-order valence-electron chi connectivity index (χ4n) is 4.24. The van der Waals surface area contributed by atoms with E-state index in [0.29, 0.717) is 25.1 Å². The van der Waals surface area contributed by atoms with Crippen LogP contribution in [-0.4, -0.2) is 74.5 Å². The summed E-state index contributed by atoms with van der Waals surface area (Å²) in [5.41, 5.74) is 3.26. The molecule has 1 amide bonds. The molecule has 0 spiro atoms. The molecule has 7 nitrogen and oxygen atoms in total. The molecule has 0 unspecified atom stereocenters. The molecular formula is C27H35N3O4. The van der Waals surface area contributed by atoms with E-state index in [4.69, 9.17) is 4.74 Å². The molecule has 0 radical (unpaired) electrons. The number of nitrogens with zero attached hydrogens (tertiary/aromatic N) is 3. The Balaban J connectivity index is 2.09. The molecule has 3 rings (SSSR count). The number of aliphatic hydroxyl groups is 1. The standard InChI is InChI=1S/C27H35N3O4/c1-7-34-22-14-11-20(17-18(22)2)25(31)23-24(19-9-12-21(13-10-19)29(5)6)30(27(33)26(23)32)16-8-15-28(3)4/h9-14,17,24,31H,7-8,15-16H2,1-6H3/t24-/m1/s1. The van der Waals surface area contributed by atoms with Gasteiger partial charge in [-0.2, -0.15) is 0 Å². The van der Waals surface area contributed by atoms with Crippen molar-refractivity contribution < 1.29 is 19.4 Å². The monoisotopic (exact) mass is 465 g/mol. The van der Waals surface area contributed by atoms with Crippen molar-refractivity contribution >= 4 is 23.1 Å². The summed E-state index contributed by atoms with van der Waals surface area (Å²) < 4.78 is 5.60. The van der Waals surface area contributed by atoms with Gasteiger partial charge < -0.3 is 24.5 Å². The maximum atomic E-state index is 13.2. The summed E-state index contributed by atoms with van der Waals surface area (Å²) in [4.78, 5) is 31.9. The Morgan fingerprint density at radius 2 is 1.74 bits per heavy atom. The molecule has 1 heterocycles. The third kappa shape index (κ3) is 5.25. The average molecular weight is 466 g/mol. The molecule has 0 bridgehead atoms. The van der Waals surface area contributed by atoms with E-state index in [1.807, 2.05) is 76.1 Å². The second kappa shape index (κ2) is 10.7. The average Bonchev–Trinajstić information content (AvgIpc) is 3.05. The van der Waals surface area contributed by atoms with Crippen LogP contribution in [-0.2, 0) is 9.59 Å². The first-order chi connectivity index (χ1) is 16.1. The van der Waals surface area contributed by atoms with Crippen molar-refractivity contribution in [3.63, 3.8) is 0 Å². The highest BCUT2D eigenvalue weighted by atomic mass is 16.5. The Morgan fingerprint density at radius 1 is 1.06 bits per heavy atom. The highest BCUT2D eigenvalue weighted by Gasteiger charge is 2.45. The predicted octanol–water partition coefficient (Wildman–Crippen LogP) is 3.83. The molecule has 1 aliphatic rings. The number of ketones is 1. The van der Waals surface area contributed by atoms with Crippen LogP contribution in [0.3, 0.4) is 0 Å². The zero-order valence-electron chi connectivity index (χ0n) is 21.0. The third-order valence-corrected chi connectivity index (χ3v) is 6.02. The fourth-order valence-corrected chi connectivity index (χ4v) is 4.24. The van der Waals surface area contributed by atoms with E-state index >= 15 is 0 Å². The van der Waals surface area contributed by atoms with Gasteiger partial charge in [-0.25, -0.2) is 0 Å². The summed E-state index contributed by atoms with van der Waals surface area (Å²) in [5, 5.41) is 11.3. The van der Waals surface area contributed by atoms with Gasteiger partial charge in [-0.15, -0.1) is 0 Å². The molecule has 0 aliphatic carbocycles. The van der Waals surface area contributed by atoms with Crippen LogP contribution in [0, 0.1) is 6.92 Å². The summed E-state index contributed by atoms with van der Waals surface area (Å²) in [7, 11) is 7.85. The van der Waals surface area contributed by atoms with Crippen LogP contribution < -0.4 is 9.64 Å². The van der Waals surface area contributed by atoms with Crippen molar-refractivity contribution in [3.05, 3.63) is 64.7 Å². The van der Waals surface area contributed by atoms with Crippen LogP contribution in [0.2, 0.25) is 0 Å². The molecule has 0 aromatic heterocycles. The Morgan fingerprint density at radius 3 is 2.29 bits per heavy atom. The number of benzene rings is 2. The molecular weight excluding hydrogens is 430 g/mol. The van der Waals surface area contributed by atoms with Gasteiger partial charge in [-0.3, -0.25) is 9.59 Å². The van der Waals surface area contributed by atoms with Gasteiger partial charge in [0.15, 0.2) is 0 Å². The van der Waals surface area contributed by atoms with Gasteiger partial charge in [0.2, 0.25) is 0 Å². The molecule has 7 heteroatoms. The number of rotatable bonds is 9. The SMILES string of the molecule is CCOc1ccc(C(O)=C2C(=O)C(=O)N(CCCN(C)C)[C@@H]2c2ccc(N(C)C)cc2)cc1C. The second-order valence-electron chi connectivity index (χ2n) is 9.05. The minimum absolute atomic E-state index is 0.121. The number of carbonyl (C=O) groups is 2. The van der Waals surface area contributed by atoms with E-state index in [1.54, 1.807) is 23.1 Å². The number of anilines is 1. The van der Waals surface area contributed by atoms with Gasteiger partial charge >= 0.3 is 0 Å². The maximum absolute atomic E-state index is 13.2. The molecule has 182 valence electrons. The highest BCUT2D eigenvalue weighted by molar-refractivity contribution is 6.46. The first-order valence-electron chi connectivity index (χ1n) is 11.6. The van der Waals surface area contributed by atoms with E-state index in [0.717, 1.165) is 29.1 Å². The molecule has 1 saturated heterocycles. The summed E-state index contributed by atoms with van der Waals surface area (Å²) in [5.74, 6) is -0.680. The van der Waals surface area contributed by atoms with Gasteiger partial charge in [-0.05, 0) is 82.4 Å². The number of ether oxygens (including phenoxy) is 1. The topological polar surface area (TPSA) is 73.3 Å². The number of hydrogen-bond acceptors (Lipinski definition) is 6. The van der Waals surface area contributed by atoms with E-state index in [1.165, 1.54) is 0 Å². The maximum Gasteiger partial charge on any atom is 0.295 e. The number of likely N-dealkylation sites (tertiary alicyclic amines) is 1. The highest BCUT2D eigenvalue weighted by Crippen LogP contribution is 2.40. The zero-order valence-corrected chi connectivity index (χ0v) is 21.0. The van der Waals surface area contributed by atoms with E-state index in [9.17, 15) is 14.7 Å². The fraction of sp³-hybridized carbons (Fsp3) is 0.407. The first-order valence-corrected chi connectivity index (χ1v) is 11.6. The minimum Gasteiger partial charge on any atom is -0.507 e. The number of aliphatic hydroxyl groups excluding tert-OH is 1. The Kier molecular flexibility index (Phi) is 7.99. The largest absolute Gasteiger partial charge is 0.507 e. The van der Waals surface area contributed by atoms with Crippen molar-refractivity contribution in [3.8, 4) is 5.75 Å². The summed E-state index contributed by atoms with van der Waals surface area (Å²) in [6, 6.07) is 12.4. The number of Topliss-reactive ketones (excluding diaryl/α,β-unsaturated/α-hetero) is 1. The van der Waals surface area contributed by atoms with Gasteiger partial charge in [0.25, 0.3) is 11.7 Å². The smallest absolute Gasteiger partial charge is 0.295 e. The van der Waals surface area contributed by atoms with Gasteiger partial charge in [-0.1, -0.05) is 12.1 Å². The molecule has 1 atom stereocenters. The van der Waals surface area contributed by atoms with E-state index in [2.05, 4.69) is 0 Å². The second-order valence-corrected chi connectivity index (χ2v) is 9.05. The van der Waals surface area contributed by atoms with Gasteiger partial charge in [0.1, 0.15) is 11.5 Å². The Bertz CT molecular complexity index is 1070. The predicted molar refractivity (Wildman–Crippen MR) is 135 cm³/mol. The van der Waals surface area contributed by atoms with Crippen LogP contribution in [0.4, 0.5) is 5.69 Å². The molecule has 1 fully saturated rings. The Hall–Kier alpha value is -3.32. The lowest BCUT2D eigenvalue weighted by Gasteiger charge is -2.26. The quantitative estimate of drug-likeness (QED) is 0.345. The van der Waals surface area contributed by atoms with Crippen LogP contribution in [0.25, 0.3) is 5.76 Å². The third-order valence-electron chi connectivity index (χ3n) is 6.02. The van der Waals surface area contributed by atoms with Gasteiger partial charge in [0.05, 0.1) is 18.2 Å². The van der Waals surface area contributed by atoms with E-state index in [-0.39, 0.29) is 11.3 Å². The van der Waals surface area contributed by atoms with Crippen LogP contribution in [0.5, 0.6) is 5.75 Å². The molecule has 1 N–H and O–H groups in total. The van der Waals surface area contributed by atoms with Crippen LogP contribution in [0.1, 0.15) is 36.1 Å². The number of aryl methyl sites for hydroxylation is 1. The molecule has 0 saturated carbocycles. The van der Waals surface area contributed by atoms with Crippen molar-refractivity contribution in [1.29, 1.82) is 0 Å². The number of carbonyl (C=O) groups excluding carboxylic acids is 2. The minimum atomic E-state index is -0.657. The molecule has 2 aromatic carbocycles. The number of amides is 1. The molecule has 34 heavy (non-hydrogen) atoms. The lowest BCUT2D eigenvalue weighted by molar-refractivity contribution is -0.139. The summed E-state index contributed by atoms with van der Waals surface area (Å²) in [6.07, 6.45) is 0.717. The van der Waals surface area contributed by atoms with Crippen molar-refractivity contribution in [2.75, 3.05) is 52.8 Å². The first kappa shape index (κ1) is 25.3. The lowest BCUT2D eigenvalue weighted by atomic mass is 9.94. The molecule has 2 aromatic rings. The lowest BCUT2D eigenvalue weighted by Crippen LogP contribution is -2.32. The van der Waals surface area contributed by atoms with E-state index < -0.39 is 17.7 Å². The van der Waals surface area contributed by atoms with Crippen molar-refractivity contribution in [2.45, 2.75) is 26.3 Å². The van der Waals surface area contributed by atoms with Crippen molar-refractivity contribution in [2.24, 2.45) is 0 Å². The normalized spacial score (nSPS) is 17.5. The molecule has 1 aliphatic heterocycles. The zero-order chi connectivity index (χ0) is 25.0. The van der Waals surface area contributed by atoms with Crippen molar-refractivity contribution in [1.82, 2.24) is 9.80 Å². The summed E-state index contributed by atoms with van der Waals surface area (Å²) in [6.45, 7) is 5.54. The van der Waals surface area contributed by atoms with Gasteiger partial charge in [0, 0.05) is 31.9 Å². The number of hydrogen-bond donors (Lipinski definition) is 1. The summed E-state index contributed by atoms with van der Waals surface area (Å²) >= 11 is 0. The Labute approximate surface area is 202 Å². The van der Waals surface area contributed by atoms with Crippen LogP contribution in [0.15, 0.2) is 48.0 Å². The van der Waals surface area contributed by atoms with Crippen LogP contribution >= 0.6 is 0 Å².